The first kappa shape index (κ1) is 9.69. The molecule has 3 aliphatic carbocycles. The van der Waals surface area contributed by atoms with Crippen LogP contribution in [0.15, 0.2) is 23.3 Å². The third kappa shape index (κ3) is 1.20. The fourth-order valence-electron chi connectivity index (χ4n) is 4.21. The molecule has 1 spiro atoms. The van der Waals surface area contributed by atoms with E-state index in [0.29, 0.717) is 10.8 Å². The van der Waals surface area contributed by atoms with Crippen LogP contribution in [0.1, 0.15) is 52.9 Å². The molecule has 0 aliphatic heterocycles. The molecule has 0 bridgehead atoms. The van der Waals surface area contributed by atoms with E-state index in [2.05, 4.69) is 27.4 Å². The van der Waals surface area contributed by atoms with Gasteiger partial charge in [-0.25, -0.2) is 0 Å². The second-order valence-corrected chi connectivity index (χ2v) is 6.86. The van der Waals surface area contributed by atoms with Crippen molar-refractivity contribution in [3.8, 4) is 0 Å². The Morgan fingerprint density at radius 3 is 2.47 bits per heavy atom. The van der Waals surface area contributed by atoms with E-state index < -0.39 is 0 Å². The van der Waals surface area contributed by atoms with Gasteiger partial charge < -0.3 is 0 Å². The molecule has 0 N–H and O–H groups in total. The first-order valence-corrected chi connectivity index (χ1v) is 6.35. The number of fused-ring (bicyclic) bond motifs is 1. The van der Waals surface area contributed by atoms with Gasteiger partial charge in [0.2, 0.25) is 0 Å². The zero-order valence-electron chi connectivity index (χ0n) is 10.3. The standard InChI is InChI=1S/C15H22/c1-10-8-14(3,4)9-12-7-11(2)15(5-6-15)13(10)12/h11H,1,5-9H2,2-4H3/t11-/m1/s1. The average Bonchev–Trinajstić information content (AvgIpc) is 2.76. The molecule has 1 atom stereocenters. The Kier molecular flexibility index (Phi) is 1.67. The van der Waals surface area contributed by atoms with E-state index in [-0.39, 0.29) is 0 Å². The van der Waals surface area contributed by atoms with Crippen molar-refractivity contribution < 1.29 is 0 Å². The number of allylic oxidation sites excluding steroid dienone is 3. The second kappa shape index (κ2) is 2.59. The van der Waals surface area contributed by atoms with Gasteiger partial charge in [-0.1, -0.05) is 38.5 Å². The smallest absolute Gasteiger partial charge is 0.00156 e. The second-order valence-electron chi connectivity index (χ2n) is 6.86. The molecular weight excluding hydrogens is 180 g/mol. The summed E-state index contributed by atoms with van der Waals surface area (Å²) in [5, 5.41) is 0. The lowest BCUT2D eigenvalue weighted by Crippen LogP contribution is -2.20. The molecule has 82 valence electrons. The summed E-state index contributed by atoms with van der Waals surface area (Å²) in [6, 6.07) is 0. The quantitative estimate of drug-likeness (QED) is 0.543. The Morgan fingerprint density at radius 2 is 1.87 bits per heavy atom. The Labute approximate surface area is 93.5 Å². The first-order valence-electron chi connectivity index (χ1n) is 6.35. The predicted molar refractivity (Wildman–Crippen MR) is 64.6 cm³/mol. The van der Waals surface area contributed by atoms with E-state index in [1.807, 2.05) is 0 Å². The van der Waals surface area contributed by atoms with E-state index in [1.54, 1.807) is 11.1 Å². The monoisotopic (exact) mass is 202 g/mol. The maximum atomic E-state index is 4.36. The van der Waals surface area contributed by atoms with Gasteiger partial charge in [-0.2, -0.15) is 0 Å². The Bertz CT molecular complexity index is 363. The van der Waals surface area contributed by atoms with Crippen molar-refractivity contribution in [3.63, 3.8) is 0 Å². The highest BCUT2D eigenvalue weighted by molar-refractivity contribution is 5.50. The molecule has 15 heavy (non-hydrogen) atoms. The zero-order valence-corrected chi connectivity index (χ0v) is 10.3. The molecule has 0 aromatic heterocycles. The minimum absolute atomic E-state index is 0.468. The largest absolute Gasteiger partial charge is 0.0955 e. The van der Waals surface area contributed by atoms with E-state index in [0.717, 1.165) is 5.92 Å². The highest BCUT2D eigenvalue weighted by Gasteiger charge is 2.56. The van der Waals surface area contributed by atoms with E-state index in [1.165, 1.54) is 37.7 Å². The van der Waals surface area contributed by atoms with Crippen molar-refractivity contribution in [1.29, 1.82) is 0 Å². The number of hydrogen-bond donors (Lipinski definition) is 0. The molecular formula is C15H22. The van der Waals surface area contributed by atoms with Crippen molar-refractivity contribution in [2.45, 2.75) is 52.9 Å². The highest BCUT2D eigenvalue weighted by atomic mass is 14.6. The lowest BCUT2D eigenvalue weighted by atomic mass is 9.71. The van der Waals surface area contributed by atoms with Gasteiger partial charge in [0.25, 0.3) is 0 Å². The SMILES string of the molecule is C=C1CC(C)(C)CC2=C1C1(CC1)[C@H](C)C2. The predicted octanol–water partition coefficient (Wildman–Crippen LogP) is 4.48. The molecule has 3 aliphatic rings. The van der Waals surface area contributed by atoms with Crippen LogP contribution in [0.25, 0.3) is 0 Å². The van der Waals surface area contributed by atoms with Gasteiger partial charge in [0.1, 0.15) is 0 Å². The van der Waals surface area contributed by atoms with Crippen LogP contribution in [-0.4, -0.2) is 0 Å². The first-order chi connectivity index (χ1) is 6.95. The van der Waals surface area contributed by atoms with Gasteiger partial charge in [0, 0.05) is 0 Å². The van der Waals surface area contributed by atoms with Crippen LogP contribution in [-0.2, 0) is 0 Å². The Balaban J connectivity index is 2.04. The van der Waals surface area contributed by atoms with Crippen LogP contribution in [0.2, 0.25) is 0 Å². The molecule has 0 unspecified atom stereocenters. The third-order valence-corrected chi connectivity index (χ3v) is 4.87. The van der Waals surface area contributed by atoms with Crippen molar-refractivity contribution in [2.24, 2.45) is 16.7 Å². The summed E-state index contributed by atoms with van der Waals surface area (Å²) in [6.45, 7) is 11.6. The van der Waals surface area contributed by atoms with Gasteiger partial charge in [0.05, 0.1) is 0 Å². The molecule has 0 aromatic carbocycles. The summed E-state index contributed by atoms with van der Waals surface area (Å²) in [5.41, 5.74) is 6.05. The van der Waals surface area contributed by atoms with Gasteiger partial charge in [-0.15, -0.1) is 0 Å². The molecule has 3 rings (SSSR count). The normalized spacial score (nSPS) is 35.9. The fraction of sp³-hybridized carbons (Fsp3) is 0.733. The highest BCUT2D eigenvalue weighted by Crippen LogP contribution is 2.68. The van der Waals surface area contributed by atoms with Crippen molar-refractivity contribution in [2.75, 3.05) is 0 Å². The molecule has 0 heteroatoms. The molecule has 0 aromatic rings. The van der Waals surface area contributed by atoms with E-state index in [4.69, 9.17) is 0 Å². The van der Waals surface area contributed by atoms with Gasteiger partial charge in [-0.3, -0.25) is 0 Å². The lowest BCUT2D eigenvalue weighted by molar-refractivity contribution is 0.345. The molecule has 0 saturated heterocycles. The van der Waals surface area contributed by atoms with Crippen molar-refractivity contribution in [3.05, 3.63) is 23.3 Å². The third-order valence-electron chi connectivity index (χ3n) is 4.87. The zero-order chi connectivity index (χ0) is 10.8. The molecule has 1 saturated carbocycles. The van der Waals surface area contributed by atoms with Crippen molar-refractivity contribution in [1.82, 2.24) is 0 Å². The summed E-state index contributed by atoms with van der Waals surface area (Å²) in [4.78, 5) is 0. The van der Waals surface area contributed by atoms with E-state index in [9.17, 15) is 0 Å². The molecule has 0 amide bonds. The molecule has 0 heterocycles. The maximum absolute atomic E-state index is 4.36. The fourth-order valence-corrected chi connectivity index (χ4v) is 4.21. The van der Waals surface area contributed by atoms with Crippen LogP contribution in [0.4, 0.5) is 0 Å². The van der Waals surface area contributed by atoms with Crippen LogP contribution in [0, 0.1) is 16.7 Å². The Morgan fingerprint density at radius 1 is 1.20 bits per heavy atom. The number of hydrogen-bond acceptors (Lipinski definition) is 0. The molecule has 1 fully saturated rings. The lowest BCUT2D eigenvalue weighted by Gasteiger charge is -2.34. The maximum Gasteiger partial charge on any atom is -0.00156 e. The van der Waals surface area contributed by atoms with Crippen LogP contribution in [0.3, 0.4) is 0 Å². The van der Waals surface area contributed by atoms with Gasteiger partial charge in [0.15, 0.2) is 0 Å². The van der Waals surface area contributed by atoms with Crippen LogP contribution in [0.5, 0.6) is 0 Å². The summed E-state index contributed by atoms with van der Waals surface area (Å²) >= 11 is 0. The van der Waals surface area contributed by atoms with Crippen LogP contribution >= 0.6 is 0 Å². The topological polar surface area (TPSA) is 0 Å². The number of rotatable bonds is 0. The summed E-state index contributed by atoms with van der Waals surface area (Å²) in [5.74, 6) is 0.896. The summed E-state index contributed by atoms with van der Waals surface area (Å²) in [7, 11) is 0. The summed E-state index contributed by atoms with van der Waals surface area (Å²) < 4.78 is 0. The average molecular weight is 202 g/mol. The van der Waals surface area contributed by atoms with Crippen molar-refractivity contribution >= 4 is 0 Å². The van der Waals surface area contributed by atoms with Crippen LogP contribution < -0.4 is 0 Å². The van der Waals surface area contributed by atoms with Gasteiger partial charge in [-0.05, 0) is 54.4 Å². The van der Waals surface area contributed by atoms with Gasteiger partial charge >= 0.3 is 0 Å². The van der Waals surface area contributed by atoms with E-state index >= 15 is 0 Å². The molecule has 0 radical (unpaired) electrons. The molecule has 0 nitrogen and oxygen atoms in total. The minimum Gasteiger partial charge on any atom is -0.0955 e. The Hall–Kier alpha value is -0.520. The minimum atomic E-state index is 0.468. The summed E-state index contributed by atoms with van der Waals surface area (Å²) in [6.07, 6.45) is 6.78.